The van der Waals surface area contributed by atoms with E-state index < -0.39 is 0 Å². The standard InChI is InChI=1S/C22H23N3O2S/c1-16-4-3-5-18(14-16)24-10-12-25(13-11-24)22-23-21(26)20(28-22)15-17-6-8-19(27-2)9-7-17/h3-9,14-15H,10-13H2,1-2H3. The summed E-state index contributed by atoms with van der Waals surface area (Å²) in [6.07, 6.45) is 1.89. The van der Waals surface area contributed by atoms with Crippen molar-refractivity contribution in [2.24, 2.45) is 4.99 Å². The molecule has 6 heteroatoms. The molecule has 2 aliphatic heterocycles. The van der Waals surface area contributed by atoms with Gasteiger partial charge in [-0.05, 0) is 60.2 Å². The molecule has 2 aromatic carbocycles. The Balaban J connectivity index is 1.39. The van der Waals surface area contributed by atoms with Crippen molar-refractivity contribution in [3.63, 3.8) is 0 Å². The molecule has 2 heterocycles. The summed E-state index contributed by atoms with van der Waals surface area (Å²) in [5.41, 5.74) is 3.50. The van der Waals surface area contributed by atoms with E-state index in [1.54, 1.807) is 7.11 Å². The summed E-state index contributed by atoms with van der Waals surface area (Å²) in [5.74, 6) is 0.646. The van der Waals surface area contributed by atoms with E-state index in [1.807, 2.05) is 30.3 Å². The fourth-order valence-corrected chi connectivity index (χ4v) is 4.33. The van der Waals surface area contributed by atoms with Crippen LogP contribution in [0.15, 0.2) is 58.4 Å². The van der Waals surface area contributed by atoms with Crippen LogP contribution in [0.2, 0.25) is 0 Å². The summed E-state index contributed by atoms with van der Waals surface area (Å²) in [5, 5.41) is 0.814. The van der Waals surface area contributed by atoms with Gasteiger partial charge in [-0.2, -0.15) is 4.99 Å². The highest BCUT2D eigenvalue weighted by Crippen LogP contribution is 2.31. The number of methoxy groups -OCH3 is 1. The smallest absolute Gasteiger partial charge is 0.286 e. The van der Waals surface area contributed by atoms with Gasteiger partial charge in [0.15, 0.2) is 5.17 Å². The number of thioether (sulfide) groups is 1. The molecule has 0 N–H and O–H groups in total. The van der Waals surface area contributed by atoms with Gasteiger partial charge in [0.25, 0.3) is 5.91 Å². The molecule has 0 bridgehead atoms. The quantitative estimate of drug-likeness (QED) is 0.743. The van der Waals surface area contributed by atoms with Gasteiger partial charge in [-0.1, -0.05) is 24.3 Å². The van der Waals surface area contributed by atoms with Gasteiger partial charge in [-0.3, -0.25) is 4.79 Å². The van der Waals surface area contributed by atoms with Crippen molar-refractivity contribution >= 4 is 34.6 Å². The normalized spacial score (nSPS) is 18.6. The van der Waals surface area contributed by atoms with Gasteiger partial charge < -0.3 is 14.5 Å². The van der Waals surface area contributed by atoms with Crippen LogP contribution in [0.1, 0.15) is 11.1 Å². The second-order valence-corrected chi connectivity index (χ2v) is 7.91. The first-order valence-electron chi connectivity index (χ1n) is 9.35. The van der Waals surface area contributed by atoms with Crippen LogP contribution >= 0.6 is 11.8 Å². The number of benzene rings is 2. The Morgan fingerprint density at radius 2 is 1.75 bits per heavy atom. The number of carbonyl (C=O) groups excluding carboxylic acids is 1. The Morgan fingerprint density at radius 1 is 1.04 bits per heavy atom. The zero-order chi connectivity index (χ0) is 19.5. The van der Waals surface area contributed by atoms with Crippen molar-refractivity contribution in [1.82, 2.24) is 4.90 Å². The maximum absolute atomic E-state index is 12.3. The molecular formula is C22H23N3O2S. The fraction of sp³-hybridized carbons (Fsp3) is 0.273. The SMILES string of the molecule is COc1ccc(C=C2SC(N3CCN(c4cccc(C)c4)CC3)=NC2=O)cc1. The molecule has 28 heavy (non-hydrogen) atoms. The molecule has 1 amide bonds. The molecule has 0 spiro atoms. The number of hydrogen-bond donors (Lipinski definition) is 0. The third kappa shape index (κ3) is 4.07. The first-order valence-corrected chi connectivity index (χ1v) is 10.2. The van der Waals surface area contributed by atoms with Crippen LogP contribution in [0.3, 0.4) is 0 Å². The van der Waals surface area contributed by atoms with Crippen molar-refractivity contribution in [2.45, 2.75) is 6.92 Å². The van der Waals surface area contributed by atoms with Crippen LogP contribution in [-0.4, -0.2) is 49.3 Å². The average Bonchev–Trinajstić information content (AvgIpc) is 3.09. The topological polar surface area (TPSA) is 45.1 Å². The van der Waals surface area contributed by atoms with Crippen molar-refractivity contribution in [3.8, 4) is 5.75 Å². The van der Waals surface area contributed by atoms with Crippen LogP contribution in [-0.2, 0) is 4.79 Å². The third-order valence-electron chi connectivity index (χ3n) is 4.94. The number of aliphatic imine (C=N–C) groups is 1. The molecule has 5 nitrogen and oxygen atoms in total. The highest BCUT2D eigenvalue weighted by atomic mass is 32.2. The molecular weight excluding hydrogens is 370 g/mol. The van der Waals surface area contributed by atoms with E-state index >= 15 is 0 Å². The fourth-order valence-electron chi connectivity index (χ4n) is 3.37. The van der Waals surface area contributed by atoms with Crippen LogP contribution in [0.4, 0.5) is 5.69 Å². The number of piperazine rings is 1. The summed E-state index contributed by atoms with van der Waals surface area (Å²) in [6, 6.07) is 16.3. The van der Waals surface area contributed by atoms with E-state index in [0.29, 0.717) is 4.91 Å². The Labute approximate surface area is 169 Å². The summed E-state index contributed by atoms with van der Waals surface area (Å²) < 4.78 is 5.18. The molecule has 2 aliphatic rings. The maximum atomic E-state index is 12.3. The van der Waals surface area contributed by atoms with Crippen LogP contribution in [0.25, 0.3) is 6.08 Å². The Bertz CT molecular complexity index is 929. The number of anilines is 1. The predicted octanol–water partition coefficient (Wildman–Crippen LogP) is 3.80. The molecule has 1 fully saturated rings. The lowest BCUT2D eigenvalue weighted by molar-refractivity contribution is -0.113. The number of nitrogens with zero attached hydrogens (tertiary/aromatic N) is 3. The van der Waals surface area contributed by atoms with E-state index in [-0.39, 0.29) is 5.91 Å². The first kappa shape index (κ1) is 18.6. The summed E-state index contributed by atoms with van der Waals surface area (Å²) in [7, 11) is 1.64. The molecule has 0 aromatic heterocycles. The monoisotopic (exact) mass is 393 g/mol. The number of ether oxygens (including phenoxy) is 1. The van der Waals surface area contributed by atoms with E-state index in [0.717, 1.165) is 42.7 Å². The van der Waals surface area contributed by atoms with E-state index in [9.17, 15) is 4.79 Å². The molecule has 0 aliphatic carbocycles. The van der Waals surface area contributed by atoms with Gasteiger partial charge in [0, 0.05) is 31.9 Å². The maximum Gasteiger partial charge on any atom is 0.286 e. The van der Waals surface area contributed by atoms with Crippen LogP contribution in [0.5, 0.6) is 5.75 Å². The molecule has 0 saturated carbocycles. The Kier molecular flexibility index (Phi) is 5.39. The van der Waals surface area contributed by atoms with Crippen LogP contribution < -0.4 is 9.64 Å². The predicted molar refractivity (Wildman–Crippen MR) is 116 cm³/mol. The molecule has 144 valence electrons. The number of amidine groups is 1. The number of hydrogen-bond acceptors (Lipinski definition) is 5. The summed E-state index contributed by atoms with van der Waals surface area (Å²) >= 11 is 1.47. The Hall–Kier alpha value is -2.73. The van der Waals surface area contributed by atoms with Crippen molar-refractivity contribution < 1.29 is 9.53 Å². The number of rotatable bonds is 3. The largest absolute Gasteiger partial charge is 0.497 e. The minimum absolute atomic E-state index is 0.156. The van der Waals surface area contributed by atoms with Gasteiger partial charge >= 0.3 is 0 Å². The lowest BCUT2D eigenvalue weighted by Crippen LogP contribution is -2.47. The van der Waals surface area contributed by atoms with Gasteiger partial charge in [0.1, 0.15) is 5.75 Å². The van der Waals surface area contributed by atoms with Crippen molar-refractivity contribution in [3.05, 3.63) is 64.6 Å². The molecule has 2 aromatic rings. The van der Waals surface area contributed by atoms with Crippen molar-refractivity contribution in [1.29, 1.82) is 0 Å². The molecule has 0 radical (unpaired) electrons. The Morgan fingerprint density at radius 3 is 2.43 bits per heavy atom. The third-order valence-corrected chi connectivity index (χ3v) is 5.98. The van der Waals surface area contributed by atoms with Gasteiger partial charge in [-0.25, -0.2) is 0 Å². The highest BCUT2D eigenvalue weighted by molar-refractivity contribution is 8.18. The number of carbonyl (C=O) groups is 1. The lowest BCUT2D eigenvalue weighted by atomic mass is 10.2. The molecule has 1 saturated heterocycles. The van der Waals surface area contributed by atoms with Gasteiger partial charge in [-0.15, -0.1) is 0 Å². The zero-order valence-corrected chi connectivity index (χ0v) is 16.9. The van der Waals surface area contributed by atoms with E-state index in [4.69, 9.17) is 4.74 Å². The van der Waals surface area contributed by atoms with Gasteiger partial charge in [0.2, 0.25) is 0 Å². The minimum Gasteiger partial charge on any atom is -0.497 e. The lowest BCUT2D eigenvalue weighted by Gasteiger charge is -2.36. The minimum atomic E-state index is -0.156. The van der Waals surface area contributed by atoms with E-state index in [1.165, 1.54) is 23.0 Å². The van der Waals surface area contributed by atoms with Gasteiger partial charge in [0.05, 0.1) is 12.0 Å². The number of amides is 1. The molecule has 4 rings (SSSR count). The summed E-state index contributed by atoms with van der Waals surface area (Å²) in [6.45, 7) is 5.70. The van der Waals surface area contributed by atoms with Crippen LogP contribution in [0, 0.1) is 6.92 Å². The highest BCUT2D eigenvalue weighted by Gasteiger charge is 2.28. The van der Waals surface area contributed by atoms with E-state index in [2.05, 4.69) is 46.0 Å². The summed E-state index contributed by atoms with van der Waals surface area (Å²) in [4.78, 5) is 21.9. The zero-order valence-electron chi connectivity index (χ0n) is 16.1. The number of aryl methyl sites for hydroxylation is 1. The molecule has 0 unspecified atom stereocenters. The average molecular weight is 394 g/mol. The first-order chi connectivity index (χ1) is 13.6. The van der Waals surface area contributed by atoms with Crippen molar-refractivity contribution in [2.75, 3.05) is 38.2 Å². The molecule has 0 atom stereocenters. The second kappa shape index (κ2) is 8.10. The second-order valence-electron chi connectivity index (χ2n) is 6.90.